The number of nitrogens with two attached hydrogens (primary N) is 1. The fraction of sp³-hybridized carbons (Fsp3) is 0.929. The van der Waals surface area contributed by atoms with Crippen LogP contribution in [0.2, 0.25) is 0 Å². The third kappa shape index (κ3) is 5.40. The predicted molar refractivity (Wildman–Crippen MR) is 87.7 cm³/mol. The Bertz CT molecular complexity index is 278. The molecule has 2 N–H and O–H groups in total. The summed E-state index contributed by atoms with van der Waals surface area (Å²) in [4.78, 5) is 16.6. The Kier molecular flexibility index (Phi) is 9.81. The SMILES string of the molecule is CC(CN)C(=O)N1CCC(CN2CCCC2)CC1.Cl.Cl. The summed E-state index contributed by atoms with van der Waals surface area (Å²) in [6.45, 7) is 8.07. The van der Waals surface area contributed by atoms with Crippen molar-refractivity contribution < 1.29 is 4.79 Å². The molecule has 2 saturated heterocycles. The molecule has 1 amide bonds. The molecule has 2 heterocycles. The maximum absolute atomic E-state index is 12.0. The van der Waals surface area contributed by atoms with Crippen molar-refractivity contribution in [3.63, 3.8) is 0 Å². The Morgan fingerprint density at radius 1 is 1.15 bits per heavy atom. The third-order valence-electron chi connectivity index (χ3n) is 4.42. The number of piperidine rings is 1. The number of rotatable bonds is 4. The minimum absolute atomic E-state index is 0. The molecular weight excluding hydrogens is 297 g/mol. The maximum atomic E-state index is 12.0. The van der Waals surface area contributed by atoms with Crippen molar-refractivity contribution in [3.8, 4) is 0 Å². The molecule has 6 heteroatoms. The number of hydrogen-bond donors (Lipinski definition) is 1. The van der Waals surface area contributed by atoms with E-state index in [9.17, 15) is 4.79 Å². The van der Waals surface area contributed by atoms with E-state index < -0.39 is 0 Å². The normalized spacial score (nSPS) is 22.0. The summed E-state index contributed by atoms with van der Waals surface area (Å²) in [5, 5.41) is 0. The maximum Gasteiger partial charge on any atom is 0.226 e. The number of halogens is 2. The third-order valence-corrected chi connectivity index (χ3v) is 4.42. The van der Waals surface area contributed by atoms with Gasteiger partial charge in [0.25, 0.3) is 0 Å². The molecular formula is C14H29Cl2N3O. The molecule has 1 unspecified atom stereocenters. The van der Waals surface area contributed by atoms with E-state index in [-0.39, 0.29) is 36.6 Å². The second kappa shape index (κ2) is 9.82. The lowest BCUT2D eigenvalue weighted by Gasteiger charge is -2.35. The monoisotopic (exact) mass is 325 g/mol. The molecule has 0 spiro atoms. The van der Waals surface area contributed by atoms with Crippen LogP contribution in [-0.2, 0) is 4.79 Å². The average Bonchev–Trinajstić information content (AvgIpc) is 2.91. The minimum Gasteiger partial charge on any atom is -0.342 e. The van der Waals surface area contributed by atoms with Crippen molar-refractivity contribution in [1.82, 2.24) is 9.80 Å². The van der Waals surface area contributed by atoms with Crippen LogP contribution in [0.3, 0.4) is 0 Å². The molecule has 120 valence electrons. The number of carbonyl (C=O) groups is 1. The number of likely N-dealkylation sites (tertiary alicyclic amines) is 2. The standard InChI is InChI=1S/C14H27N3O.2ClH/c1-12(10-15)14(18)17-8-4-13(5-9-17)11-16-6-2-3-7-16;;/h12-13H,2-11,15H2,1H3;2*1H. The van der Waals surface area contributed by atoms with Gasteiger partial charge in [-0.25, -0.2) is 0 Å². The summed E-state index contributed by atoms with van der Waals surface area (Å²) in [6.07, 6.45) is 5.07. The second-order valence-electron chi connectivity index (χ2n) is 5.91. The van der Waals surface area contributed by atoms with Crippen LogP contribution >= 0.6 is 24.8 Å². The molecule has 0 saturated carbocycles. The number of carbonyl (C=O) groups excluding carboxylic acids is 1. The summed E-state index contributed by atoms with van der Waals surface area (Å²) in [5.74, 6) is 1.03. The fourth-order valence-corrected chi connectivity index (χ4v) is 3.08. The van der Waals surface area contributed by atoms with Crippen molar-refractivity contribution in [1.29, 1.82) is 0 Å². The molecule has 0 aromatic rings. The van der Waals surface area contributed by atoms with Gasteiger partial charge in [-0.15, -0.1) is 24.8 Å². The van der Waals surface area contributed by atoms with Crippen LogP contribution in [0.5, 0.6) is 0 Å². The number of nitrogens with zero attached hydrogens (tertiary/aromatic N) is 2. The topological polar surface area (TPSA) is 49.6 Å². The smallest absolute Gasteiger partial charge is 0.226 e. The number of amides is 1. The van der Waals surface area contributed by atoms with Crippen molar-refractivity contribution >= 4 is 30.7 Å². The lowest BCUT2D eigenvalue weighted by Crippen LogP contribution is -2.44. The molecule has 0 aromatic heterocycles. The molecule has 2 aliphatic heterocycles. The molecule has 2 rings (SSSR count). The van der Waals surface area contributed by atoms with Gasteiger partial charge in [0.05, 0.1) is 0 Å². The van der Waals surface area contributed by atoms with Gasteiger partial charge in [-0.2, -0.15) is 0 Å². The van der Waals surface area contributed by atoms with Crippen LogP contribution in [0.15, 0.2) is 0 Å². The first-order chi connectivity index (χ1) is 8.70. The Morgan fingerprint density at radius 2 is 1.70 bits per heavy atom. The van der Waals surface area contributed by atoms with Crippen LogP contribution in [0.4, 0.5) is 0 Å². The van der Waals surface area contributed by atoms with Gasteiger partial charge in [-0.3, -0.25) is 4.79 Å². The Morgan fingerprint density at radius 3 is 2.20 bits per heavy atom. The van der Waals surface area contributed by atoms with Gasteiger partial charge < -0.3 is 15.5 Å². The van der Waals surface area contributed by atoms with Gasteiger partial charge in [-0.1, -0.05) is 6.92 Å². The minimum atomic E-state index is -0.0138. The zero-order valence-electron chi connectivity index (χ0n) is 12.4. The van der Waals surface area contributed by atoms with E-state index in [1.165, 1.54) is 45.3 Å². The van der Waals surface area contributed by atoms with Crippen LogP contribution in [0.25, 0.3) is 0 Å². The summed E-state index contributed by atoms with van der Waals surface area (Å²) in [5.41, 5.74) is 5.56. The van der Waals surface area contributed by atoms with Crippen molar-refractivity contribution in [2.24, 2.45) is 17.6 Å². The van der Waals surface area contributed by atoms with E-state index in [4.69, 9.17) is 5.73 Å². The van der Waals surface area contributed by atoms with Crippen molar-refractivity contribution in [3.05, 3.63) is 0 Å². The highest BCUT2D eigenvalue weighted by Gasteiger charge is 2.26. The van der Waals surface area contributed by atoms with Gasteiger partial charge in [0.2, 0.25) is 5.91 Å². The quantitative estimate of drug-likeness (QED) is 0.856. The molecule has 1 atom stereocenters. The zero-order chi connectivity index (χ0) is 13.0. The van der Waals surface area contributed by atoms with Crippen LogP contribution in [0.1, 0.15) is 32.6 Å². The van der Waals surface area contributed by atoms with Crippen molar-refractivity contribution in [2.45, 2.75) is 32.6 Å². The van der Waals surface area contributed by atoms with E-state index in [1.807, 2.05) is 11.8 Å². The molecule has 0 aromatic carbocycles. The molecule has 4 nitrogen and oxygen atoms in total. The van der Waals surface area contributed by atoms with Gasteiger partial charge >= 0.3 is 0 Å². The summed E-state index contributed by atoms with van der Waals surface area (Å²) >= 11 is 0. The highest BCUT2D eigenvalue weighted by molar-refractivity contribution is 5.85. The molecule has 2 fully saturated rings. The highest BCUT2D eigenvalue weighted by Crippen LogP contribution is 2.21. The van der Waals surface area contributed by atoms with Gasteiger partial charge in [-0.05, 0) is 44.7 Å². The molecule has 0 aliphatic carbocycles. The number of hydrogen-bond acceptors (Lipinski definition) is 3. The van der Waals surface area contributed by atoms with E-state index >= 15 is 0 Å². The second-order valence-corrected chi connectivity index (χ2v) is 5.91. The van der Waals surface area contributed by atoms with E-state index in [0.717, 1.165) is 19.0 Å². The lowest BCUT2D eigenvalue weighted by atomic mass is 9.95. The molecule has 2 aliphatic rings. The van der Waals surface area contributed by atoms with Crippen LogP contribution in [-0.4, -0.2) is 55.0 Å². The van der Waals surface area contributed by atoms with E-state index in [2.05, 4.69) is 4.90 Å². The summed E-state index contributed by atoms with van der Waals surface area (Å²) in [7, 11) is 0. The fourth-order valence-electron chi connectivity index (χ4n) is 3.08. The van der Waals surface area contributed by atoms with Crippen LogP contribution in [0, 0.1) is 11.8 Å². The van der Waals surface area contributed by atoms with Crippen molar-refractivity contribution in [2.75, 3.05) is 39.3 Å². The van der Waals surface area contributed by atoms with Gasteiger partial charge in [0.15, 0.2) is 0 Å². The highest BCUT2D eigenvalue weighted by atomic mass is 35.5. The Hall–Kier alpha value is -0.0300. The molecule has 0 radical (unpaired) electrons. The van der Waals surface area contributed by atoms with Gasteiger partial charge in [0.1, 0.15) is 0 Å². The van der Waals surface area contributed by atoms with E-state index in [1.54, 1.807) is 0 Å². The zero-order valence-corrected chi connectivity index (χ0v) is 14.1. The predicted octanol–water partition coefficient (Wildman–Crippen LogP) is 1.76. The first-order valence-electron chi connectivity index (χ1n) is 7.42. The first kappa shape index (κ1) is 20.0. The first-order valence-corrected chi connectivity index (χ1v) is 7.42. The Labute approximate surface area is 135 Å². The summed E-state index contributed by atoms with van der Waals surface area (Å²) < 4.78 is 0. The van der Waals surface area contributed by atoms with E-state index in [0.29, 0.717) is 6.54 Å². The lowest BCUT2D eigenvalue weighted by molar-refractivity contribution is -0.136. The Balaban J connectivity index is 0.00000180. The largest absolute Gasteiger partial charge is 0.342 e. The van der Waals surface area contributed by atoms with Crippen LogP contribution < -0.4 is 5.73 Å². The summed E-state index contributed by atoms with van der Waals surface area (Å²) in [6, 6.07) is 0. The average molecular weight is 326 g/mol. The molecule has 20 heavy (non-hydrogen) atoms. The van der Waals surface area contributed by atoms with Gasteiger partial charge in [0, 0.05) is 32.1 Å². The molecule has 0 bridgehead atoms.